The first kappa shape index (κ1) is 51.1. The van der Waals surface area contributed by atoms with Crippen molar-refractivity contribution in [1.82, 2.24) is 0 Å². The Labute approximate surface area is 426 Å². The highest BCUT2D eigenvalue weighted by Gasteiger charge is 2.31. The second-order valence-electron chi connectivity index (χ2n) is 23.5. The molecule has 1 N–H and O–H groups in total. The standard InChI is InChI=1S/C65H68O7/c1-62(2,3)51-32-43-28-45-34-52(63(4,5)6)36-47(56(45)70-59(67)40-22-16-13-17-23-40)30-49-38-54(65(10,11)12)39-50(58(49)72-61(69)42-26-20-15-21-27-42)31-48-37-53(64(7,8)9)35-46(29-44(33-51)55(43)66)57(48)71-60(68)41-24-18-14-19-25-41/h13-27,32-39,66H,28-31H2,1-12H3. The fourth-order valence-electron chi connectivity index (χ4n) is 9.20. The van der Waals surface area contributed by atoms with Gasteiger partial charge in [-0.25, -0.2) is 14.4 Å². The highest BCUT2D eigenvalue weighted by Crippen LogP contribution is 2.44. The van der Waals surface area contributed by atoms with Gasteiger partial charge in [0.2, 0.25) is 0 Å². The lowest BCUT2D eigenvalue weighted by molar-refractivity contribution is 0.0722. The van der Waals surface area contributed by atoms with Crippen molar-refractivity contribution in [2.24, 2.45) is 0 Å². The predicted molar refractivity (Wildman–Crippen MR) is 288 cm³/mol. The Morgan fingerprint density at radius 1 is 0.333 bits per heavy atom. The molecule has 0 unspecified atom stereocenters. The summed E-state index contributed by atoms with van der Waals surface area (Å²) in [5, 5.41) is 12.7. The van der Waals surface area contributed by atoms with Crippen LogP contribution in [0.1, 0.15) is 181 Å². The van der Waals surface area contributed by atoms with E-state index in [0.717, 1.165) is 22.3 Å². The molecule has 7 aromatic rings. The predicted octanol–water partition coefficient (Wildman–Crippen LogP) is 14.9. The third-order valence-electron chi connectivity index (χ3n) is 13.6. The first-order valence-electron chi connectivity index (χ1n) is 25.0. The van der Waals surface area contributed by atoms with Gasteiger partial charge < -0.3 is 19.3 Å². The maximum atomic E-state index is 14.5. The zero-order chi connectivity index (χ0) is 51.9. The SMILES string of the molecule is CC(C)(C)c1cc2c(O)c(c1)Cc1cc(C(C)(C)C)cc(c1OC(=O)c1ccccc1)Cc1cc(C(C)(C)C)cc(c1OC(=O)c1ccccc1)Cc1cc(C(C)(C)C)cc(c1OC(=O)c1ccccc1)C2. The van der Waals surface area contributed by atoms with Crippen LogP contribution in [0.25, 0.3) is 0 Å². The van der Waals surface area contributed by atoms with Crippen molar-refractivity contribution in [3.05, 3.63) is 223 Å². The molecule has 0 heterocycles. The smallest absolute Gasteiger partial charge is 0.343 e. The zero-order valence-corrected chi connectivity index (χ0v) is 44.0. The molecule has 8 bridgehead atoms. The van der Waals surface area contributed by atoms with E-state index in [4.69, 9.17) is 14.2 Å². The molecule has 7 aromatic carbocycles. The van der Waals surface area contributed by atoms with Crippen LogP contribution in [-0.4, -0.2) is 23.0 Å². The largest absolute Gasteiger partial charge is 0.507 e. The molecule has 0 fully saturated rings. The number of esters is 3. The second-order valence-corrected chi connectivity index (χ2v) is 23.5. The molecule has 0 saturated carbocycles. The molecule has 0 amide bonds. The first-order valence-corrected chi connectivity index (χ1v) is 25.0. The highest BCUT2D eigenvalue weighted by atomic mass is 16.5. The number of hydrogen-bond donors (Lipinski definition) is 1. The van der Waals surface area contributed by atoms with Crippen molar-refractivity contribution >= 4 is 17.9 Å². The lowest BCUT2D eigenvalue weighted by Crippen LogP contribution is -2.19. The molecule has 1 aliphatic rings. The van der Waals surface area contributed by atoms with Crippen LogP contribution < -0.4 is 14.2 Å². The van der Waals surface area contributed by atoms with E-state index in [1.807, 2.05) is 54.6 Å². The highest BCUT2D eigenvalue weighted by molar-refractivity contribution is 5.93. The van der Waals surface area contributed by atoms with Gasteiger partial charge in [-0.1, -0.05) is 186 Å². The average molecular weight is 961 g/mol. The van der Waals surface area contributed by atoms with Gasteiger partial charge >= 0.3 is 17.9 Å². The molecule has 72 heavy (non-hydrogen) atoms. The van der Waals surface area contributed by atoms with E-state index < -0.39 is 17.9 Å². The monoisotopic (exact) mass is 960 g/mol. The number of aromatic hydroxyl groups is 1. The summed E-state index contributed by atoms with van der Waals surface area (Å²) in [4.78, 5) is 43.2. The summed E-state index contributed by atoms with van der Waals surface area (Å²) in [5.41, 5.74) is 9.34. The van der Waals surface area contributed by atoms with Gasteiger partial charge in [0.15, 0.2) is 0 Å². The summed E-state index contributed by atoms with van der Waals surface area (Å²) in [6.07, 6.45) is 0.822. The van der Waals surface area contributed by atoms with Crippen LogP contribution >= 0.6 is 0 Å². The Bertz CT molecular complexity index is 3000. The van der Waals surface area contributed by atoms with E-state index in [1.165, 1.54) is 0 Å². The second kappa shape index (κ2) is 19.7. The fraction of sp³-hybridized carbons (Fsp3) is 0.308. The quantitative estimate of drug-likeness (QED) is 0.131. The number of ether oxygens (including phenoxy) is 3. The summed E-state index contributed by atoms with van der Waals surface area (Å²) in [6, 6.07) is 43.6. The van der Waals surface area contributed by atoms with Gasteiger partial charge in [-0.05, 0) is 91.4 Å². The summed E-state index contributed by atoms with van der Waals surface area (Å²) in [7, 11) is 0. The number of phenolic OH excluding ortho intramolecular Hbond substituents is 1. The summed E-state index contributed by atoms with van der Waals surface area (Å²) >= 11 is 0. The number of benzene rings is 7. The van der Waals surface area contributed by atoms with Crippen molar-refractivity contribution < 1.29 is 33.7 Å². The number of carbonyl (C=O) groups excluding carboxylic acids is 3. The van der Waals surface area contributed by atoms with Crippen molar-refractivity contribution in [1.29, 1.82) is 0 Å². The molecule has 0 spiro atoms. The van der Waals surface area contributed by atoms with Gasteiger partial charge in [0.1, 0.15) is 23.0 Å². The van der Waals surface area contributed by atoms with E-state index in [-0.39, 0.29) is 53.1 Å². The van der Waals surface area contributed by atoms with E-state index >= 15 is 0 Å². The molecule has 7 nitrogen and oxygen atoms in total. The van der Waals surface area contributed by atoms with E-state index in [0.29, 0.717) is 78.4 Å². The Balaban J connectivity index is 1.50. The number of fused-ring (bicyclic) bond motifs is 8. The van der Waals surface area contributed by atoms with Crippen LogP contribution in [0, 0.1) is 0 Å². The molecule has 1 aliphatic carbocycles. The van der Waals surface area contributed by atoms with Crippen LogP contribution in [-0.2, 0) is 47.3 Å². The molecule has 0 atom stereocenters. The van der Waals surface area contributed by atoms with Crippen molar-refractivity contribution in [2.45, 2.75) is 130 Å². The van der Waals surface area contributed by atoms with Crippen LogP contribution in [0.15, 0.2) is 140 Å². The number of carbonyl (C=O) groups is 3. The van der Waals surface area contributed by atoms with Gasteiger partial charge in [-0.3, -0.25) is 0 Å². The van der Waals surface area contributed by atoms with E-state index in [2.05, 4.69) is 132 Å². The maximum Gasteiger partial charge on any atom is 0.343 e. The Hall–Kier alpha value is -7.25. The van der Waals surface area contributed by atoms with Crippen molar-refractivity contribution in [3.63, 3.8) is 0 Å². The van der Waals surface area contributed by atoms with Crippen molar-refractivity contribution in [2.75, 3.05) is 0 Å². The molecule has 0 aromatic heterocycles. The van der Waals surface area contributed by atoms with Gasteiger partial charge in [0.05, 0.1) is 16.7 Å². The van der Waals surface area contributed by atoms with Gasteiger partial charge in [-0.2, -0.15) is 0 Å². The molecule has 370 valence electrons. The van der Waals surface area contributed by atoms with Gasteiger partial charge in [-0.15, -0.1) is 0 Å². The summed E-state index contributed by atoms with van der Waals surface area (Å²) < 4.78 is 20.0. The number of hydrogen-bond acceptors (Lipinski definition) is 7. The van der Waals surface area contributed by atoms with E-state index in [1.54, 1.807) is 36.4 Å². The molecular formula is C65H68O7. The molecule has 0 aliphatic heterocycles. The normalized spacial score (nSPS) is 13.0. The topological polar surface area (TPSA) is 99.1 Å². The summed E-state index contributed by atoms with van der Waals surface area (Å²) in [5.74, 6) is -0.332. The molecule has 8 rings (SSSR count). The molecule has 0 radical (unpaired) electrons. The zero-order valence-electron chi connectivity index (χ0n) is 44.0. The minimum absolute atomic E-state index is 0.108. The maximum absolute atomic E-state index is 14.5. The van der Waals surface area contributed by atoms with Gasteiger partial charge in [0, 0.05) is 59.1 Å². The molecule has 0 saturated heterocycles. The van der Waals surface area contributed by atoms with Gasteiger partial charge in [0.25, 0.3) is 0 Å². The third-order valence-corrected chi connectivity index (χ3v) is 13.6. The lowest BCUT2D eigenvalue weighted by Gasteiger charge is -2.28. The molecule has 7 heteroatoms. The van der Waals surface area contributed by atoms with Crippen molar-refractivity contribution in [3.8, 4) is 23.0 Å². The number of phenols is 1. The average Bonchev–Trinajstić information content (AvgIpc) is 3.31. The third kappa shape index (κ3) is 11.4. The lowest BCUT2D eigenvalue weighted by atomic mass is 9.79. The Morgan fingerprint density at radius 3 is 0.736 bits per heavy atom. The Kier molecular flexibility index (Phi) is 14.0. The van der Waals surface area contributed by atoms with E-state index in [9.17, 15) is 19.5 Å². The summed E-state index contributed by atoms with van der Waals surface area (Å²) in [6.45, 7) is 25.8. The minimum atomic E-state index is -0.528. The van der Waals surface area contributed by atoms with Crippen LogP contribution in [0.4, 0.5) is 0 Å². The van der Waals surface area contributed by atoms with Crippen LogP contribution in [0.5, 0.6) is 23.0 Å². The number of rotatable bonds is 6. The fourth-order valence-corrected chi connectivity index (χ4v) is 9.20. The first-order chi connectivity index (χ1) is 33.8. The minimum Gasteiger partial charge on any atom is -0.507 e. The molecular weight excluding hydrogens is 893 g/mol. The van der Waals surface area contributed by atoms with Crippen LogP contribution in [0.2, 0.25) is 0 Å². The Morgan fingerprint density at radius 2 is 0.528 bits per heavy atom. The van der Waals surface area contributed by atoms with Crippen LogP contribution in [0.3, 0.4) is 0 Å².